The highest BCUT2D eigenvalue weighted by atomic mass is 16.3. The van der Waals surface area contributed by atoms with Crippen LogP contribution in [0.5, 0.6) is 0 Å². The van der Waals surface area contributed by atoms with Gasteiger partial charge in [-0.3, -0.25) is 5.84 Å². The molecule has 1 atom stereocenters. The molecule has 0 amide bonds. The van der Waals surface area contributed by atoms with E-state index < -0.39 is 0 Å². The highest BCUT2D eigenvalue weighted by molar-refractivity contribution is 5.73. The molecule has 1 unspecified atom stereocenters. The quantitative estimate of drug-likeness (QED) is 0.394. The first kappa shape index (κ1) is 10.1. The van der Waals surface area contributed by atoms with Crippen LogP contribution in [0, 0.1) is 6.92 Å². The number of aryl methyl sites for hydroxylation is 1. The third-order valence-corrected chi connectivity index (χ3v) is 2.31. The van der Waals surface area contributed by atoms with E-state index in [0.717, 1.165) is 16.7 Å². The lowest BCUT2D eigenvalue weighted by atomic mass is 10.1. The fourth-order valence-electron chi connectivity index (χ4n) is 1.59. The number of nitrogens with one attached hydrogen (secondary N) is 2. The molecule has 0 aliphatic carbocycles. The first-order chi connectivity index (χ1) is 7.24. The number of oxazole rings is 1. The van der Waals surface area contributed by atoms with Gasteiger partial charge in [-0.05, 0) is 24.7 Å². The van der Waals surface area contributed by atoms with Gasteiger partial charge in [0.1, 0.15) is 5.52 Å². The average molecular weight is 206 g/mol. The SMILES string of the molecule is CNC(NN)c1ccc2oc(C)nc2c1. The zero-order chi connectivity index (χ0) is 10.8. The van der Waals surface area contributed by atoms with Crippen LogP contribution in [-0.2, 0) is 0 Å². The van der Waals surface area contributed by atoms with Crippen molar-refractivity contribution in [3.05, 3.63) is 29.7 Å². The van der Waals surface area contributed by atoms with Gasteiger partial charge in [-0.1, -0.05) is 6.07 Å². The van der Waals surface area contributed by atoms with Gasteiger partial charge < -0.3 is 9.73 Å². The predicted octanol–water partition coefficient (Wildman–Crippen LogP) is 0.818. The molecule has 0 aliphatic rings. The molecule has 5 heteroatoms. The van der Waals surface area contributed by atoms with Gasteiger partial charge in [-0.2, -0.15) is 0 Å². The molecule has 1 heterocycles. The summed E-state index contributed by atoms with van der Waals surface area (Å²) in [6.45, 7) is 1.83. The van der Waals surface area contributed by atoms with Crippen LogP contribution in [0.25, 0.3) is 11.1 Å². The van der Waals surface area contributed by atoms with Crippen molar-refractivity contribution in [3.63, 3.8) is 0 Å². The third-order valence-electron chi connectivity index (χ3n) is 2.31. The van der Waals surface area contributed by atoms with Crippen LogP contribution >= 0.6 is 0 Å². The average Bonchev–Trinajstić information content (AvgIpc) is 2.59. The molecule has 0 saturated carbocycles. The van der Waals surface area contributed by atoms with Crippen molar-refractivity contribution < 1.29 is 4.42 Å². The predicted molar refractivity (Wildman–Crippen MR) is 57.9 cm³/mol. The summed E-state index contributed by atoms with van der Waals surface area (Å²) >= 11 is 0. The molecule has 0 spiro atoms. The Kier molecular flexibility index (Phi) is 2.68. The van der Waals surface area contributed by atoms with Gasteiger partial charge >= 0.3 is 0 Å². The van der Waals surface area contributed by atoms with E-state index in [4.69, 9.17) is 10.3 Å². The molecule has 4 N–H and O–H groups in total. The van der Waals surface area contributed by atoms with Gasteiger partial charge in [0.05, 0.1) is 6.17 Å². The summed E-state index contributed by atoms with van der Waals surface area (Å²) in [5, 5.41) is 3.05. The second kappa shape index (κ2) is 3.98. The lowest BCUT2D eigenvalue weighted by molar-refractivity contribution is 0.489. The molecule has 1 aromatic carbocycles. The van der Waals surface area contributed by atoms with E-state index in [9.17, 15) is 0 Å². The smallest absolute Gasteiger partial charge is 0.192 e. The fourth-order valence-corrected chi connectivity index (χ4v) is 1.59. The molecule has 0 fully saturated rings. The highest BCUT2D eigenvalue weighted by Gasteiger charge is 2.09. The van der Waals surface area contributed by atoms with Crippen molar-refractivity contribution in [2.75, 3.05) is 7.05 Å². The minimum absolute atomic E-state index is 0.0774. The molecule has 0 bridgehead atoms. The van der Waals surface area contributed by atoms with Crippen molar-refractivity contribution in [2.45, 2.75) is 13.1 Å². The van der Waals surface area contributed by atoms with Gasteiger partial charge in [0.2, 0.25) is 0 Å². The van der Waals surface area contributed by atoms with E-state index >= 15 is 0 Å². The number of hydrogen-bond donors (Lipinski definition) is 3. The molecule has 0 aliphatic heterocycles. The van der Waals surface area contributed by atoms with Crippen LogP contribution in [0.3, 0.4) is 0 Å². The van der Waals surface area contributed by atoms with Crippen molar-refractivity contribution in [3.8, 4) is 0 Å². The first-order valence-corrected chi connectivity index (χ1v) is 4.75. The summed E-state index contributed by atoms with van der Waals surface area (Å²) in [4.78, 5) is 4.26. The molecule has 0 radical (unpaired) electrons. The molecule has 0 saturated heterocycles. The molecule has 5 nitrogen and oxygen atoms in total. The molecule has 1 aromatic heterocycles. The third kappa shape index (κ3) is 1.85. The molecule has 2 rings (SSSR count). The number of benzene rings is 1. The number of rotatable bonds is 3. The van der Waals surface area contributed by atoms with Gasteiger partial charge in [0.25, 0.3) is 0 Å². The van der Waals surface area contributed by atoms with E-state index in [1.54, 1.807) is 0 Å². The van der Waals surface area contributed by atoms with Crippen LogP contribution < -0.4 is 16.6 Å². The summed E-state index contributed by atoms with van der Waals surface area (Å²) < 4.78 is 5.39. The summed E-state index contributed by atoms with van der Waals surface area (Å²) in [7, 11) is 1.84. The van der Waals surface area contributed by atoms with Crippen LogP contribution in [0.1, 0.15) is 17.6 Å². The normalized spacial score (nSPS) is 13.3. The van der Waals surface area contributed by atoms with Gasteiger partial charge in [0, 0.05) is 6.92 Å². The number of fused-ring (bicyclic) bond motifs is 1. The fraction of sp³-hybridized carbons (Fsp3) is 0.300. The summed E-state index contributed by atoms with van der Waals surface area (Å²) in [5.41, 5.74) is 5.34. The maximum Gasteiger partial charge on any atom is 0.192 e. The number of aromatic nitrogens is 1. The Labute approximate surface area is 87.6 Å². The molecule has 2 aromatic rings. The second-order valence-corrected chi connectivity index (χ2v) is 3.35. The number of nitrogens with zero attached hydrogens (tertiary/aromatic N) is 1. The maximum atomic E-state index is 5.41. The van der Waals surface area contributed by atoms with Gasteiger partial charge in [-0.15, -0.1) is 0 Å². The topological polar surface area (TPSA) is 76.1 Å². The molecular weight excluding hydrogens is 192 g/mol. The lowest BCUT2D eigenvalue weighted by Gasteiger charge is -2.14. The Balaban J connectivity index is 2.45. The van der Waals surface area contributed by atoms with Crippen LogP contribution in [0.2, 0.25) is 0 Å². The van der Waals surface area contributed by atoms with E-state index in [1.165, 1.54) is 0 Å². The second-order valence-electron chi connectivity index (χ2n) is 3.35. The van der Waals surface area contributed by atoms with Crippen molar-refractivity contribution in [1.82, 2.24) is 15.7 Å². The lowest BCUT2D eigenvalue weighted by Crippen LogP contribution is -2.36. The Hall–Kier alpha value is -1.43. The van der Waals surface area contributed by atoms with Crippen LogP contribution in [0.4, 0.5) is 0 Å². The van der Waals surface area contributed by atoms with Crippen LogP contribution in [-0.4, -0.2) is 12.0 Å². The monoisotopic (exact) mass is 206 g/mol. The molecule has 15 heavy (non-hydrogen) atoms. The summed E-state index contributed by atoms with van der Waals surface area (Å²) in [6.07, 6.45) is -0.0774. The van der Waals surface area contributed by atoms with Crippen LogP contribution in [0.15, 0.2) is 22.6 Å². The van der Waals surface area contributed by atoms with Crippen molar-refractivity contribution >= 4 is 11.1 Å². The zero-order valence-corrected chi connectivity index (χ0v) is 8.74. The summed E-state index contributed by atoms with van der Waals surface area (Å²) in [6, 6.07) is 5.80. The number of hydrazine groups is 1. The first-order valence-electron chi connectivity index (χ1n) is 4.75. The van der Waals surface area contributed by atoms with E-state index in [2.05, 4.69) is 15.7 Å². The van der Waals surface area contributed by atoms with E-state index in [-0.39, 0.29) is 6.17 Å². The van der Waals surface area contributed by atoms with Gasteiger partial charge in [0.15, 0.2) is 11.5 Å². The Morgan fingerprint density at radius 2 is 2.27 bits per heavy atom. The van der Waals surface area contributed by atoms with Crippen molar-refractivity contribution in [2.24, 2.45) is 5.84 Å². The zero-order valence-electron chi connectivity index (χ0n) is 8.74. The largest absolute Gasteiger partial charge is 0.441 e. The Morgan fingerprint density at radius 3 is 2.93 bits per heavy atom. The standard InChI is InChI=1S/C10H14N4O/c1-6-13-8-5-7(10(12-2)14-11)3-4-9(8)15-6/h3-5,10,12,14H,11H2,1-2H3. The molecular formula is C10H14N4O. The van der Waals surface area contributed by atoms with Gasteiger partial charge in [-0.25, -0.2) is 10.4 Å². The minimum Gasteiger partial charge on any atom is -0.441 e. The maximum absolute atomic E-state index is 5.41. The highest BCUT2D eigenvalue weighted by Crippen LogP contribution is 2.19. The number of hydrogen-bond acceptors (Lipinski definition) is 5. The Bertz CT molecular complexity index is 461. The van der Waals surface area contributed by atoms with E-state index in [0.29, 0.717) is 5.89 Å². The minimum atomic E-state index is -0.0774. The van der Waals surface area contributed by atoms with Crippen molar-refractivity contribution in [1.29, 1.82) is 0 Å². The number of nitrogens with two attached hydrogens (primary N) is 1. The summed E-state index contributed by atoms with van der Waals surface area (Å²) in [5.74, 6) is 6.08. The molecule has 80 valence electrons. The van der Waals surface area contributed by atoms with E-state index in [1.807, 2.05) is 32.2 Å². The Morgan fingerprint density at radius 1 is 1.47 bits per heavy atom.